The van der Waals surface area contributed by atoms with Crippen molar-refractivity contribution in [3.8, 4) is 0 Å². The highest BCUT2D eigenvalue weighted by Gasteiger charge is 2.03. The number of hydrogen-bond acceptors (Lipinski definition) is 1. The van der Waals surface area contributed by atoms with E-state index in [9.17, 15) is 0 Å². The molecule has 0 spiro atoms. The molecule has 3 aromatic carbocycles. The quantitative estimate of drug-likeness (QED) is 0.249. The molecule has 0 saturated carbocycles. The molecular formula is C17H15BrS. The third-order valence-electron chi connectivity index (χ3n) is 3.24. The third kappa shape index (κ3) is 2.80. The molecule has 0 aliphatic carbocycles. The molecular weight excluding hydrogens is 316 g/mol. The Labute approximate surface area is 126 Å². The molecule has 0 radical (unpaired) electrons. The predicted octanol–water partition coefficient (Wildman–Crippen LogP) is 5.87. The number of hydrogen-bond donors (Lipinski definition) is 0. The zero-order valence-electron chi connectivity index (χ0n) is 10.6. The molecule has 0 saturated heterocycles. The van der Waals surface area contributed by atoms with Crippen molar-refractivity contribution in [2.45, 2.75) is 11.3 Å². The van der Waals surface area contributed by atoms with E-state index in [4.69, 9.17) is 0 Å². The van der Waals surface area contributed by atoms with Crippen molar-refractivity contribution in [3.05, 3.63) is 54.6 Å². The van der Waals surface area contributed by atoms with Crippen LogP contribution in [0.25, 0.3) is 21.5 Å². The fraction of sp³-hybridized carbons (Fsp3) is 0.176. The molecule has 3 rings (SSSR count). The predicted molar refractivity (Wildman–Crippen MR) is 90.6 cm³/mol. The van der Waals surface area contributed by atoms with E-state index in [1.807, 2.05) is 11.8 Å². The van der Waals surface area contributed by atoms with Crippen molar-refractivity contribution >= 4 is 49.2 Å². The number of rotatable bonds is 4. The highest BCUT2D eigenvalue weighted by Crippen LogP contribution is 2.31. The van der Waals surface area contributed by atoms with Gasteiger partial charge in [-0.3, -0.25) is 0 Å². The zero-order valence-corrected chi connectivity index (χ0v) is 13.0. The first-order valence-corrected chi connectivity index (χ1v) is 8.59. The number of thioether (sulfide) groups is 1. The van der Waals surface area contributed by atoms with Gasteiger partial charge in [-0.25, -0.2) is 0 Å². The Hall–Kier alpha value is -0.990. The van der Waals surface area contributed by atoms with Gasteiger partial charge in [-0.1, -0.05) is 52.3 Å². The lowest BCUT2D eigenvalue weighted by Gasteiger charge is -2.07. The fourth-order valence-corrected chi connectivity index (χ4v) is 3.97. The molecule has 0 atom stereocenters. The second kappa shape index (κ2) is 5.98. The van der Waals surface area contributed by atoms with Crippen molar-refractivity contribution in [3.63, 3.8) is 0 Å². The molecule has 2 heteroatoms. The average molecular weight is 331 g/mol. The van der Waals surface area contributed by atoms with Crippen LogP contribution in [0.3, 0.4) is 0 Å². The summed E-state index contributed by atoms with van der Waals surface area (Å²) in [4.78, 5) is 1.39. The molecule has 0 unspecified atom stereocenters. The molecule has 0 bridgehead atoms. The second-order valence-corrected chi connectivity index (χ2v) is 6.50. The first kappa shape index (κ1) is 13.0. The maximum Gasteiger partial charge on any atom is 0.0151 e. The van der Waals surface area contributed by atoms with Crippen molar-refractivity contribution in [1.82, 2.24) is 0 Å². The minimum Gasteiger partial charge on any atom is -0.125 e. The van der Waals surface area contributed by atoms with Crippen LogP contribution in [0.15, 0.2) is 59.5 Å². The van der Waals surface area contributed by atoms with Crippen molar-refractivity contribution < 1.29 is 0 Å². The van der Waals surface area contributed by atoms with Crippen molar-refractivity contribution in [2.75, 3.05) is 11.1 Å². The van der Waals surface area contributed by atoms with Gasteiger partial charge in [0.15, 0.2) is 0 Å². The summed E-state index contributed by atoms with van der Waals surface area (Å²) >= 11 is 5.44. The Balaban J connectivity index is 2.09. The maximum atomic E-state index is 3.49. The van der Waals surface area contributed by atoms with Gasteiger partial charge in [0.2, 0.25) is 0 Å². The van der Waals surface area contributed by atoms with Gasteiger partial charge in [-0.15, -0.1) is 11.8 Å². The fourth-order valence-electron chi connectivity index (χ4n) is 2.30. The number of benzene rings is 3. The average Bonchev–Trinajstić information content (AvgIpc) is 2.46. The standard InChI is InChI=1S/C17H15BrS/c18-9-4-10-19-17-8-3-7-15-11-13-5-1-2-6-14(13)12-16(15)17/h1-3,5-8,11-12H,4,9-10H2. The Morgan fingerprint density at radius 1 is 0.842 bits per heavy atom. The van der Waals surface area contributed by atoms with Crippen molar-refractivity contribution in [1.29, 1.82) is 0 Å². The first-order valence-electron chi connectivity index (χ1n) is 6.49. The summed E-state index contributed by atoms with van der Waals surface area (Å²) < 4.78 is 0. The lowest BCUT2D eigenvalue weighted by Crippen LogP contribution is -1.83. The first-order chi connectivity index (χ1) is 9.38. The smallest absolute Gasteiger partial charge is 0.0151 e. The summed E-state index contributed by atoms with van der Waals surface area (Å²) in [7, 11) is 0. The molecule has 0 amide bonds. The molecule has 96 valence electrons. The van der Waals surface area contributed by atoms with E-state index in [2.05, 4.69) is 70.5 Å². The van der Waals surface area contributed by atoms with Crippen LogP contribution in [0.2, 0.25) is 0 Å². The minimum atomic E-state index is 1.08. The summed E-state index contributed by atoms with van der Waals surface area (Å²) in [6, 6.07) is 19.8. The van der Waals surface area contributed by atoms with Gasteiger partial charge in [0.1, 0.15) is 0 Å². The van der Waals surface area contributed by atoms with Gasteiger partial charge in [-0.2, -0.15) is 0 Å². The third-order valence-corrected chi connectivity index (χ3v) is 4.96. The van der Waals surface area contributed by atoms with Crippen LogP contribution in [-0.2, 0) is 0 Å². The number of halogens is 1. The molecule has 3 aromatic rings. The highest BCUT2D eigenvalue weighted by atomic mass is 79.9. The van der Waals surface area contributed by atoms with Crippen LogP contribution < -0.4 is 0 Å². The second-order valence-electron chi connectivity index (χ2n) is 4.57. The van der Waals surface area contributed by atoms with Gasteiger partial charge in [0.05, 0.1) is 0 Å². The molecule has 0 fully saturated rings. The summed E-state index contributed by atoms with van der Waals surface area (Å²) in [6.07, 6.45) is 1.20. The lowest BCUT2D eigenvalue weighted by molar-refractivity contribution is 1.13. The Bertz CT molecular complexity index is 706. The van der Waals surface area contributed by atoms with Crippen LogP contribution in [0.4, 0.5) is 0 Å². The van der Waals surface area contributed by atoms with Crippen LogP contribution in [0, 0.1) is 0 Å². The Morgan fingerprint density at radius 3 is 2.37 bits per heavy atom. The summed E-state index contributed by atoms with van der Waals surface area (Å²) in [5, 5.41) is 6.43. The summed E-state index contributed by atoms with van der Waals surface area (Å²) in [5.74, 6) is 1.16. The van der Waals surface area contributed by atoms with Gasteiger partial charge in [-0.05, 0) is 51.9 Å². The van der Waals surface area contributed by atoms with Crippen molar-refractivity contribution in [2.24, 2.45) is 0 Å². The van der Waals surface area contributed by atoms with Gasteiger partial charge in [0, 0.05) is 10.2 Å². The SMILES string of the molecule is BrCCCSc1cccc2cc3ccccc3cc12. The van der Waals surface area contributed by atoms with E-state index in [1.165, 1.54) is 32.9 Å². The van der Waals surface area contributed by atoms with Crippen LogP contribution >= 0.6 is 27.7 Å². The van der Waals surface area contributed by atoms with E-state index >= 15 is 0 Å². The van der Waals surface area contributed by atoms with E-state index in [1.54, 1.807) is 0 Å². The molecule has 0 aromatic heterocycles. The van der Waals surface area contributed by atoms with E-state index in [0.29, 0.717) is 0 Å². The van der Waals surface area contributed by atoms with Crippen LogP contribution in [-0.4, -0.2) is 11.1 Å². The number of fused-ring (bicyclic) bond motifs is 2. The zero-order chi connectivity index (χ0) is 13.1. The van der Waals surface area contributed by atoms with Gasteiger partial charge < -0.3 is 0 Å². The highest BCUT2D eigenvalue weighted by molar-refractivity contribution is 9.09. The minimum absolute atomic E-state index is 1.08. The van der Waals surface area contributed by atoms with Gasteiger partial charge >= 0.3 is 0 Å². The maximum absolute atomic E-state index is 3.49. The molecule has 0 heterocycles. The monoisotopic (exact) mass is 330 g/mol. The van der Waals surface area contributed by atoms with E-state index in [-0.39, 0.29) is 0 Å². The Kier molecular flexibility index (Phi) is 4.09. The van der Waals surface area contributed by atoms with Crippen LogP contribution in [0.5, 0.6) is 0 Å². The van der Waals surface area contributed by atoms with Crippen LogP contribution in [0.1, 0.15) is 6.42 Å². The largest absolute Gasteiger partial charge is 0.125 e. The Morgan fingerprint density at radius 2 is 1.58 bits per heavy atom. The topological polar surface area (TPSA) is 0 Å². The summed E-state index contributed by atoms with van der Waals surface area (Å²) in [5.41, 5.74) is 0. The molecule has 0 nitrogen and oxygen atoms in total. The molecule has 0 N–H and O–H groups in total. The van der Waals surface area contributed by atoms with E-state index < -0.39 is 0 Å². The molecule has 19 heavy (non-hydrogen) atoms. The number of alkyl halides is 1. The molecule has 0 aliphatic heterocycles. The molecule has 0 aliphatic rings. The summed E-state index contributed by atoms with van der Waals surface area (Å²) in [6.45, 7) is 0. The van der Waals surface area contributed by atoms with Gasteiger partial charge in [0.25, 0.3) is 0 Å². The van der Waals surface area contributed by atoms with E-state index in [0.717, 1.165) is 11.1 Å². The lowest BCUT2D eigenvalue weighted by atomic mass is 10.0. The normalized spacial score (nSPS) is 11.2.